The maximum absolute atomic E-state index is 5.96. The first-order valence-corrected chi connectivity index (χ1v) is 6.20. The molecule has 2 nitrogen and oxygen atoms in total. The van der Waals surface area contributed by atoms with Crippen LogP contribution >= 0.6 is 11.6 Å². The Bertz CT molecular complexity index is 304. The molecule has 0 fully saturated rings. The largest absolute Gasteiger partial charge is 0.491 e. The molecular weight excluding hydrogens is 222 g/mol. The first-order valence-electron chi connectivity index (χ1n) is 5.82. The quantitative estimate of drug-likeness (QED) is 0.740. The van der Waals surface area contributed by atoms with E-state index in [-0.39, 0.29) is 0 Å². The minimum Gasteiger partial charge on any atom is -0.491 e. The van der Waals surface area contributed by atoms with E-state index < -0.39 is 0 Å². The summed E-state index contributed by atoms with van der Waals surface area (Å²) in [5.74, 6) is 1.48. The van der Waals surface area contributed by atoms with Crippen molar-refractivity contribution in [3.05, 3.63) is 29.3 Å². The van der Waals surface area contributed by atoms with Gasteiger partial charge in [-0.15, -0.1) is 0 Å². The molecule has 0 saturated carbocycles. The van der Waals surface area contributed by atoms with E-state index >= 15 is 0 Å². The standard InChI is InChI=1S/C13H20ClNO/c1-3-11(2)10-15-8-9-16-13-7-5-4-6-12(13)14/h4-7,11,15H,3,8-10H2,1-2H3. The molecule has 0 saturated heterocycles. The molecule has 0 spiro atoms. The summed E-state index contributed by atoms with van der Waals surface area (Å²) in [6.07, 6.45) is 1.21. The number of hydrogen-bond acceptors (Lipinski definition) is 2. The van der Waals surface area contributed by atoms with Crippen LogP contribution in [-0.2, 0) is 0 Å². The van der Waals surface area contributed by atoms with Gasteiger partial charge in [-0.05, 0) is 24.6 Å². The third kappa shape index (κ3) is 4.86. The molecule has 0 radical (unpaired) electrons. The third-order valence-corrected chi connectivity index (χ3v) is 2.88. The van der Waals surface area contributed by atoms with Crippen LogP contribution in [0.25, 0.3) is 0 Å². The van der Waals surface area contributed by atoms with Gasteiger partial charge < -0.3 is 10.1 Å². The average molecular weight is 242 g/mol. The van der Waals surface area contributed by atoms with Gasteiger partial charge in [0.15, 0.2) is 0 Å². The Morgan fingerprint density at radius 2 is 2.12 bits per heavy atom. The number of nitrogens with one attached hydrogen (secondary N) is 1. The van der Waals surface area contributed by atoms with Gasteiger partial charge in [0.1, 0.15) is 12.4 Å². The van der Waals surface area contributed by atoms with Crippen molar-refractivity contribution in [3.8, 4) is 5.75 Å². The fraction of sp³-hybridized carbons (Fsp3) is 0.538. The summed E-state index contributed by atoms with van der Waals surface area (Å²) < 4.78 is 5.56. The van der Waals surface area contributed by atoms with Crippen molar-refractivity contribution < 1.29 is 4.74 Å². The normalized spacial score (nSPS) is 12.4. The van der Waals surface area contributed by atoms with E-state index in [4.69, 9.17) is 16.3 Å². The first-order chi connectivity index (χ1) is 7.74. The topological polar surface area (TPSA) is 21.3 Å². The van der Waals surface area contributed by atoms with E-state index in [0.29, 0.717) is 11.6 Å². The maximum atomic E-state index is 5.96. The Morgan fingerprint density at radius 3 is 2.81 bits per heavy atom. The van der Waals surface area contributed by atoms with Crippen molar-refractivity contribution in [1.82, 2.24) is 5.32 Å². The van der Waals surface area contributed by atoms with Crippen molar-refractivity contribution in [1.29, 1.82) is 0 Å². The monoisotopic (exact) mass is 241 g/mol. The fourth-order valence-electron chi connectivity index (χ4n) is 1.29. The van der Waals surface area contributed by atoms with E-state index in [1.54, 1.807) is 0 Å². The zero-order valence-electron chi connectivity index (χ0n) is 10.0. The molecule has 3 heteroatoms. The van der Waals surface area contributed by atoms with E-state index in [0.717, 1.165) is 24.8 Å². The van der Waals surface area contributed by atoms with Gasteiger partial charge in [-0.2, -0.15) is 0 Å². The Hall–Kier alpha value is -0.730. The summed E-state index contributed by atoms with van der Waals surface area (Å²) in [4.78, 5) is 0. The molecule has 1 rings (SSSR count). The van der Waals surface area contributed by atoms with Crippen LogP contribution < -0.4 is 10.1 Å². The summed E-state index contributed by atoms with van der Waals surface area (Å²) in [7, 11) is 0. The van der Waals surface area contributed by atoms with Gasteiger partial charge in [0, 0.05) is 6.54 Å². The van der Waals surface area contributed by atoms with Crippen LogP contribution in [-0.4, -0.2) is 19.7 Å². The zero-order valence-corrected chi connectivity index (χ0v) is 10.8. The highest BCUT2D eigenvalue weighted by Crippen LogP contribution is 2.22. The van der Waals surface area contributed by atoms with Gasteiger partial charge in [0.2, 0.25) is 0 Å². The Kier molecular flexibility index (Phi) is 6.27. The molecule has 0 amide bonds. The predicted molar refractivity (Wildman–Crippen MR) is 69.3 cm³/mol. The second-order valence-corrected chi connectivity index (χ2v) is 4.40. The molecule has 1 aromatic rings. The summed E-state index contributed by atoms with van der Waals surface area (Å²) in [6.45, 7) is 6.99. The minimum absolute atomic E-state index is 0.653. The van der Waals surface area contributed by atoms with Gasteiger partial charge in [0.25, 0.3) is 0 Å². The molecule has 16 heavy (non-hydrogen) atoms. The highest BCUT2D eigenvalue weighted by Gasteiger charge is 2.00. The lowest BCUT2D eigenvalue weighted by Gasteiger charge is -2.11. The smallest absolute Gasteiger partial charge is 0.137 e. The lowest BCUT2D eigenvalue weighted by molar-refractivity contribution is 0.309. The van der Waals surface area contributed by atoms with Gasteiger partial charge in [0.05, 0.1) is 5.02 Å². The van der Waals surface area contributed by atoms with E-state index in [1.165, 1.54) is 6.42 Å². The highest BCUT2D eigenvalue weighted by molar-refractivity contribution is 6.32. The van der Waals surface area contributed by atoms with Crippen molar-refractivity contribution in [2.75, 3.05) is 19.7 Å². The number of benzene rings is 1. The number of rotatable bonds is 7. The predicted octanol–water partition coefficient (Wildman–Crippen LogP) is 3.35. The van der Waals surface area contributed by atoms with Crippen LogP contribution in [0.4, 0.5) is 0 Å². The van der Waals surface area contributed by atoms with E-state index in [2.05, 4.69) is 19.2 Å². The first kappa shape index (κ1) is 13.3. The minimum atomic E-state index is 0.653. The summed E-state index contributed by atoms with van der Waals surface area (Å²) in [5.41, 5.74) is 0. The number of para-hydroxylation sites is 1. The maximum Gasteiger partial charge on any atom is 0.137 e. The molecule has 1 atom stereocenters. The van der Waals surface area contributed by atoms with Crippen LogP contribution in [0.15, 0.2) is 24.3 Å². The molecule has 1 N–H and O–H groups in total. The third-order valence-electron chi connectivity index (χ3n) is 2.56. The zero-order chi connectivity index (χ0) is 11.8. The second kappa shape index (κ2) is 7.53. The number of hydrogen-bond donors (Lipinski definition) is 1. The summed E-state index contributed by atoms with van der Waals surface area (Å²) >= 11 is 5.96. The molecule has 0 aromatic heterocycles. The van der Waals surface area contributed by atoms with Gasteiger partial charge in [-0.25, -0.2) is 0 Å². The lowest BCUT2D eigenvalue weighted by atomic mass is 10.1. The molecule has 0 bridgehead atoms. The van der Waals surface area contributed by atoms with Gasteiger partial charge in [-0.1, -0.05) is 44.0 Å². The molecule has 0 aliphatic rings. The van der Waals surface area contributed by atoms with Crippen molar-refractivity contribution in [2.45, 2.75) is 20.3 Å². The van der Waals surface area contributed by atoms with Gasteiger partial charge in [-0.3, -0.25) is 0 Å². The number of halogens is 1. The van der Waals surface area contributed by atoms with Crippen LogP contribution in [0.5, 0.6) is 5.75 Å². The molecule has 0 aliphatic carbocycles. The van der Waals surface area contributed by atoms with Crippen molar-refractivity contribution >= 4 is 11.6 Å². The molecule has 1 aromatic carbocycles. The highest BCUT2D eigenvalue weighted by atomic mass is 35.5. The Labute approximate surface area is 103 Å². The van der Waals surface area contributed by atoms with Crippen molar-refractivity contribution in [3.63, 3.8) is 0 Å². The molecule has 1 unspecified atom stereocenters. The van der Waals surface area contributed by atoms with Crippen LogP contribution in [0, 0.1) is 5.92 Å². The van der Waals surface area contributed by atoms with Crippen LogP contribution in [0.2, 0.25) is 5.02 Å². The summed E-state index contributed by atoms with van der Waals surface area (Å²) in [6, 6.07) is 7.55. The fourth-order valence-corrected chi connectivity index (χ4v) is 1.48. The van der Waals surface area contributed by atoms with Crippen molar-refractivity contribution in [2.24, 2.45) is 5.92 Å². The molecular formula is C13H20ClNO. The van der Waals surface area contributed by atoms with Gasteiger partial charge >= 0.3 is 0 Å². The lowest BCUT2D eigenvalue weighted by Crippen LogP contribution is -2.25. The Balaban J connectivity index is 2.14. The average Bonchev–Trinajstić information content (AvgIpc) is 2.30. The summed E-state index contributed by atoms with van der Waals surface area (Å²) in [5, 5.41) is 4.03. The number of ether oxygens (including phenoxy) is 1. The molecule has 90 valence electrons. The van der Waals surface area contributed by atoms with Crippen LogP contribution in [0.3, 0.4) is 0 Å². The SMILES string of the molecule is CCC(C)CNCCOc1ccccc1Cl. The Morgan fingerprint density at radius 1 is 1.38 bits per heavy atom. The van der Waals surface area contributed by atoms with E-state index in [1.807, 2.05) is 24.3 Å². The second-order valence-electron chi connectivity index (χ2n) is 4.00. The van der Waals surface area contributed by atoms with E-state index in [9.17, 15) is 0 Å². The molecule has 0 aliphatic heterocycles. The molecule has 0 heterocycles. The van der Waals surface area contributed by atoms with Crippen LogP contribution in [0.1, 0.15) is 20.3 Å².